The Labute approximate surface area is 139 Å². The van der Waals surface area contributed by atoms with E-state index < -0.39 is 11.9 Å². The number of carbonyl (C=O) groups excluding carboxylic acids is 2. The van der Waals surface area contributed by atoms with Crippen LogP contribution in [0.4, 0.5) is 0 Å². The monoisotopic (exact) mass is 324 g/mol. The van der Waals surface area contributed by atoms with Crippen LogP contribution in [0.3, 0.4) is 0 Å². The highest BCUT2D eigenvalue weighted by molar-refractivity contribution is 6.07. The predicted molar refractivity (Wildman–Crippen MR) is 86.5 cm³/mol. The Kier molecular flexibility index (Phi) is 4.95. The molecule has 0 atom stereocenters. The second-order valence-corrected chi connectivity index (χ2v) is 5.08. The Morgan fingerprint density at radius 1 is 1.04 bits per heavy atom. The zero-order valence-electron chi connectivity index (χ0n) is 13.8. The van der Waals surface area contributed by atoms with Gasteiger partial charge in [-0.25, -0.2) is 9.59 Å². The summed E-state index contributed by atoms with van der Waals surface area (Å²) < 4.78 is 9.70. The van der Waals surface area contributed by atoms with E-state index in [0.717, 1.165) is 0 Å². The Hall–Kier alpha value is -3.20. The molecule has 24 heavy (non-hydrogen) atoms. The Morgan fingerprint density at radius 3 is 2.04 bits per heavy atom. The van der Waals surface area contributed by atoms with Crippen LogP contribution in [-0.2, 0) is 9.47 Å². The summed E-state index contributed by atoms with van der Waals surface area (Å²) in [4.78, 5) is 28.8. The molecule has 0 spiro atoms. The molecule has 6 heteroatoms. The van der Waals surface area contributed by atoms with Gasteiger partial charge in [0.2, 0.25) is 0 Å². The quantitative estimate of drug-likeness (QED) is 0.807. The molecule has 0 aliphatic rings. The number of nitriles is 1. The van der Waals surface area contributed by atoms with Crippen LogP contribution in [0.25, 0.3) is 11.1 Å². The maximum Gasteiger partial charge on any atom is 0.340 e. The second-order valence-electron chi connectivity index (χ2n) is 5.08. The van der Waals surface area contributed by atoms with Crippen molar-refractivity contribution in [2.45, 2.75) is 13.8 Å². The third-order valence-corrected chi connectivity index (χ3v) is 3.62. The molecule has 0 N–H and O–H groups in total. The number of methoxy groups -OCH3 is 2. The van der Waals surface area contributed by atoms with Gasteiger partial charge in [0.15, 0.2) is 0 Å². The smallest absolute Gasteiger partial charge is 0.340 e. The standard InChI is InChI=1S/C18H16N2O4/c1-10-14(17(21)23-3)16(13-7-5-6-12(8-13)9-19)15(11(2)20-10)18(22)24-4/h5-8H,1-4H3. The molecule has 0 amide bonds. The van der Waals surface area contributed by atoms with Gasteiger partial charge in [-0.3, -0.25) is 4.98 Å². The van der Waals surface area contributed by atoms with Crippen molar-refractivity contribution in [3.63, 3.8) is 0 Å². The fourth-order valence-electron chi connectivity index (χ4n) is 2.59. The van der Waals surface area contributed by atoms with Crippen LogP contribution < -0.4 is 0 Å². The summed E-state index contributed by atoms with van der Waals surface area (Å²) in [5, 5.41) is 9.12. The summed E-state index contributed by atoms with van der Waals surface area (Å²) in [7, 11) is 2.52. The molecule has 0 bridgehead atoms. The van der Waals surface area contributed by atoms with E-state index in [0.29, 0.717) is 28.1 Å². The number of carbonyl (C=O) groups is 2. The van der Waals surface area contributed by atoms with Crippen LogP contribution in [0.2, 0.25) is 0 Å². The van der Waals surface area contributed by atoms with Gasteiger partial charge in [-0.05, 0) is 31.5 Å². The van der Waals surface area contributed by atoms with Crippen molar-refractivity contribution >= 4 is 11.9 Å². The van der Waals surface area contributed by atoms with Crippen LogP contribution in [0.15, 0.2) is 24.3 Å². The molecule has 0 aliphatic heterocycles. The fourth-order valence-corrected chi connectivity index (χ4v) is 2.59. The summed E-state index contributed by atoms with van der Waals surface area (Å²) >= 11 is 0. The predicted octanol–water partition coefficient (Wildman–Crippen LogP) is 2.81. The number of rotatable bonds is 3. The van der Waals surface area contributed by atoms with Gasteiger partial charge < -0.3 is 9.47 Å². The van der Waals surface area contributed by atoms with Crippen LogP contribution in [0.5, 0.6) is 0 Å². The topological polar surface area (TPSA) is 89.3 Å². The minimum Gasteiger partial charge on any atom is -0.465 e. The van der Waals surface area contributed by atoms with Gasteiger partial charge in [0.25, 0.3) is 0 Å². The zero-order valence-corrected chi connectivity index (χ0v) is 13.8. The number of nitrogens with zero attached hydrogens (tertiary/aromatic N) is 2. The van der Waals surface area contributed by atoms with Crippen molar-refractivity contribution in [2.75, 3.05) is 14.2 Å². The first kappa shape index (κ1) is 17.2. The Bertz CT molecular complexity index is 826. The number of hydrogen-bond acceptors (Lipinski definition) is 6. The van der Waals surface area contributed by atoms with E-state index in [2.05, 4.69) is 4.98 Å². The summed E-state index contributed by atoms with van der Waals surface area (Å²) in [6, 6.07) is 8.68. The summed E-state index contributed by atoms with van der Waals surface area (Å²) in [6.07, 6.45) is 0. The van der Waals surface area contributed by atoms with Gasteiger partial charge in [0.05, 0.1) is 48.4 Å². The van der Waals surface area contributed by atoms with Crippen molar-refractivity contribution < 1.29 is 19.1 Å². The van der Waals surface area contributed by atoms with Gasteiger partial charge >= 0.3 is 11.9 Å². The number of esters is 2. The minimum atomic E-state index is -0.609. The van der Waals surface area contributed by atoms with Crippen LogP contribution in [0, 0.1) is 25.2 Å². The normalized spacial score (nSPS) is 9.96. The molecule has 1 aromatic carbocycles. The molecule has 1 aromatic heterocycles. The van der Waals surface area contributed by atoms with E-state index in [9.17, 15) is 9.59 Å². The maximum absolute atomic E-state index is 12.3. The third-order valence-electron chi connectivity index (χ3n) is 3.62. The van der Waals surface area contributed by atoms with Gasteiger partial charge in [-0.15, -0.1) is 0 Å². The third kappa shape index (κ3) is 2.97. The molecule has 0 radical (unpaired) electrons. The summed E-state index contributed by atoms with van der Waals surface area (Å²) in [5.41, 5.74) is 2.54. The first-order valence-corrected chi connectivity index (χ1v) is 7.13. The second kappa shape index (κ2) is 6.92. The highest BCUT2D eigenvalue weighted by atomic mass is 16.5. The molecular weight excluding hydrogens is 308 g/mol. The van der Waals surface area contributed by atoms with Gasteiger partial charge in [-0.2, -0.15) is 5.26 Å². The van der Waals surface area contributed by atoms with Gasteiger partial charge in [0, 0.05) is 5.56 Å². The van der Waals surface area contributed by atoms with Gasteiger partial charge in [0.1, 0.15) is 0 Å². The highest BCUT2D eigenvalue weighted by Gasteiger charge is 2.27. The molecular formula is C18H16N2O4. The number of pyridine rings is 1. The first-order chi connectivity index (χ1) is 11.4. The maximum atomic E-state index is 12.3. The number of ether oxygens (including phenoxy) is 2. The minimum absolute atomic E-state index is 0.179. The van der Waals surface area contributed by atoms with E-state index in [4.69, 9.17) is 14.7 Å². The Morgan fingerprint density at radius 2 is 1.58 bits per heavy atom. The van der Waals surface area contributed by atoms with Crippen molar-refractivity contribution in [3.8, 4) is 17.2 Å². The van der Waals surface area contributed by atoms with E-state index in [1.54, 1.807) is 38.1 Å². The molecule has 0 fully saturated rings. The lowest BCUT2D eigenvalue weighted by Crippen LogP contribution is -2.16. The lowest BCUT2D eigenvalue weighted by Gasteiger charge is -2.17. The SMILES string of the molecule is COC(=O)c1c(C)nc(C)c(C(=O)OC)c1-c1cccc(C#N)c1. The van der Waals surface area contributed by atoms with E-state index in [1.807, 2.05) is 6.07 Å². The van der Waals surface area contributed by atoms with E-state index >= 15 is 0 Å². The van der Waals surface area contributed by atoms with Crippen LogP contribution >= 0.6 is 0 Å². The molecule has 122 valence electrons. The fraction of sp³-hybridized carbons (Fsp3) is 0.222. The van der Waals surface area contributed by atoms with E-state index in [-0.39, 0.29) is 11.1 Å². The van der Waals surface area contributed by atoms with Crippen LogP contribution in [0.1, 0.15) is 37.7 Å². The first-order valence-electron chi connectivity index (χ1n) is 7.13. The summed E-state index contributed by atoms with van der Waals surface area (Å²) in [5.74, 6) is -1.22. The van der Waals surface area contributed by atoms with E-state index in [1.165, 1.54) is 14.2 Å². The molecule has 0 aliphatic carbocycles. The average molecular weight is 324 g/mol. The lowest BCUT2D eigenvalue weighted by molar-refractivity contribution is 0.0599. The van der Waals surface area contributed by atoms with Crippen molar-refractivity contribution in [2.24, 2.45) is 0 Å². The van der Waals surface area contributed by atoms with Crippen LogP contribution in [-0.4, -0.2) is 31.1 Å². The lowest BCUT2D eigenvalue weighted by atomic mass is 9.91. The molecule has 6 nitrogen and oxygen atoms in total. The molecule has 0 unspecified atom stereocenters. The largest absolute Gasteiger partial charge is 0.465 e. The molecule has 1 heterocycles. The van der Waals surface area contributed by atoms with Crippen molar-refractivity contribution in [1.29, 1.82) is 5.26 Å². The highest BCUT2D eigenvalue weighted by Crippen LogP contribution is 2.32. The molecule has 2 rings (SSSR count). The zero-order chi connectivity index (χ0) is 17.9. The molecule has 0 saturated carbocycles. The van der Waals surface area contributed by atoms with Gasteiger partial charge in [-0.1, -0.05) is 12.1 Å². The van der Waals surface area contributed by atoms with Crippen molar-refractivity contribution in [3.05, 3.63) is 52.3 Å². The molecule has 0 saturated heterocycles. The Balaban J connectivity index is 2.95. The summed E-state index contributed by atoms with van der Waals surface area (Å²) in [6.45, 7) is 3.33. The average Bonchev–Trinajstić information content (AvgIpc) is 2.59. The number of hydrogen-bond donors (Lipinski definition) is 0. The number of aryl methyl sites for hydroxylation is 2. The molecule has 2 aromatic rings. The number of aromatic nitrogens is 1. The van der Waals surface area contributed by atoms with Crippen molar-refractivity contribution in [1.82, 2.24) is 4.98 Å². The number of benzene rings is 1.